The Hall–Kier alpha value is -2.31. The van der Waals surface area contributed by atoms with Gasteiger partial charge in [-0.3, -0.25) is 9.36 Å². The minimum atomic E-state index is 0.00138. The third-order valence-electron chi connectivity index (χ3n) is 4.24. The van der Waals surface area contributed by atoms with Gasteiger partial charge in [-0.1, -0.05) is 35.5 Å². The Bertz CT molecular complexity index is 966. The Morgan fingerprint density at radius 2 is 1.85 bits per heavy atom. The highest BCUT2D eigenvalue weighted by molar-refractivity contribution is 7.99. The number of thioether (sulfide) groups is 1. The van der Waals surface area contributed by atoms with E-state index in [-0.39, 0.29) is 11.7 Å². The molecule has 0 atom stereocenters. The van der Waals surface area contributed by atoms with Crippen LogP contribution in [0.3, 0.4) is 0 Å². The van der Waals surface area contributed by atoms with Gasteiger partial charge in [-0.2, -0.15) is 0 Å². The molecular weight excluding hydrogens is 380 g/mol. The van der Waals surface area contributed by atoms with E-state index >= 15 is 0 Å². The summed E-state index contributed by atoms with van der Waals surface area (Å²) in [5.41, 5.74) is 5.03. The first-order valence-electron chi connectivity index (χ1n) is 8.49. The number of aryl methyl sites for hydroxylation is 3. The number of nitrogens with zero attached hydrogens (tertiary/aromatic N) is 4. The lowest BCUT2D eigenvalue weighted by Crippen LogP contribution is -2.28. The standard InChI is InChI=1S/C20H21ClN4OS/c1-13-7-14(2)9-17(8-13)24(4)19(26)11-27-20-23-22-12-25(20)16-6-5-15(3)18(21)10-16/h5-10,12H,11H2,1-4H3. The molecule has 0 N–H and O–H groups in total. The first-order chi connectivity index (χ1) is 12.8. The van der Waals surface area contributed by atoms with Crippen molar-refractivity contribution in [1.82, 2.24) is 14.8 Å². The highest BCUT2D eigenvalue weighted by Gasteiger charge is 2.15. The summed E-state index contributed by atoms with van der Waals surface area (Å²) in [5.74, 6) is 0.267. The van der Waals surface area contributed by atoms with Crippen LogP contribution in [-0.2, 0) is 4.79 Å². The van der Waals surface area contributed by atoms with Crippen LogP contribution in [0.4, 0.5) is 5.69 Å². The highest BCUT2D eigenvalue weighted by atomic mass is 35.5. The van der Waals surface area contributed by atoms with Gasteiger partial charge in [0.25, 0.3) is 0 Å². The molecule has 2 aromatic carbocycles. The van der Waals surface area contributed by atoms with Crippen LogP contribution in [0.2, 0.25) is 5.02 Å². The van der Waals surface area contributed by atoms with Crippen LogP contribution in [0.5, 0.6) is 0 Å². The smallest absolute Gasteiger partial charge is 0.237 e. The van der Waals surface area contributed by atoms with Crippen LogP contribution in [0, 0.1) is 20.8 Å². The van der Waals surface area contributed by atoms with Gasteiger partial charge in [0.2, 0.25) is 5.91 Å². The molecule has 27 heavy (non-hydrogen) atoms. The summed E-state index contributed by atoms with van der Waals surface area (Å²) in [5, 5.41) is 9.45. The molecule has 3 rings (SSSR count). The number of anilines is 1. The van der Waals surface area contributed by atoms with Crippen molar-refractivity contribution >= 4 is 35.0 Å². The van der Waals surface area contributed by atoms with Crippen LogP contribution >= 0.6 is 23.4 Å². The predicted octanol–water partition coefficient (Wildman–Crippen LogP) is 4.60. The fraction of sp³-hybridized carbons (Fsp3) is 0.250. The maximum absolute atomic E-state index is 12.6. The topological polar surface area (TPSA) is 51.0 Å². The summed E-state index contributed by atoms with van der Waals surface area (Å²) in [7, 11) is 1.79. The van der Waals surface area contributed by atoms with E-state index in [1.54, 1.807) is 18.3 Å². The first-order valence-corrected chi connectivity index (χ1v) is 9.85. The molecule has 0 unspecified atom stereocenters. The van der Waals surface area contributed by atoms with Crippen LogP contribution in [0.25, 0.3) is 5.69 Å². The lowest BCUT2D eigenvalue weighted by atomic mass is 10.1. The number of hydrogen-bond donors (Lipinski definition) is 0. The van der Waals surface area contributed by atoms with E-state index in [0.29, 0.717) is 10.2 Å². The maximum Gasteiger partial charge on any atom is 0.237 e. The van der Waals surface area contributed by atoms with Crippen molar-refractivity contribution in [2.24, 2.45) is 0 Å². The van der Waals surface area contributed by atoms with Gasteiger partial charge in [-0.05, 0) is 61.7 Å². The van der Waals surface area contributed by atoms with Crippen LogP contribution in [-0.4, -0.2) is 33.5 Å². The third-order valence-corrected chi connectivity index (χ3v) is 5.58. The van der Waals surface area contributed by atoms with Crippen molar-refractivity contribution in [1.29, 1.82) is 0 Å². The van der Waals surface area contributed by atoms with E-state index in [0.717, 1.165) is 28.1 Å². The first kappa shape index (κ1) is 19.5. The summed E-state index contributed by atoms with van der Waals surface area (Å²) in [4.78, 5) is 14.3. The lowest BCUT2D eigenvalue weighted by molar-refractivity contribution is -0.115. The van der Waals surface area contributed by atoms with Crippen molar-refractivity contribution in [2.45, 2.75) is 25.9 Å². The molecule has 0 aliphatic rings. The Kier molecular flexibility index (Phi) is 5.87. The van der Waals surface area contributed by atoms with Gasteiger partial charge in [-0.15, -0.1) is 10.2 Å². The van der Waals surface area contributed by atoms with Gasteiger partial charge >= 0.3 is 0 Å². The Labute approximate surface area is 168 Å². The van der Waals surface area contributed by atoms with Gasteiger partial charge < -0.3 is 4.90 Å². The summed E-state index contributed by atoms with van der Waals surface area (Å²) in [6.45, 7) is 6.01. The molecule has 5 nitrogen and oxygen atoms in total. The van der Waals surface area contributed by atoms with E-state index < -0.39 is 0 Å². The third kappa shape index (κ3) is 4.51. The van der Waals surface area contributed by atoms with Crippen LogP contribution in [0.1, 0.15) is 16.7 Å². The molecule has 0 aliphatic carbocycles. The predicted molar refractivity (Wildman–Crippen MR) is 111 cm³/mol. The molecule has 0 fully saturated rings. The SMILES string of the molecule is Cc1cc(C)cc(N(C)C(=O)CSc2nncn2-c2ccc(C)c(Cl)c2)c1. The molecule has 0 radical (unpaired) electrons. The van der Waals surface area contributed by atoms with Crippen molar-refractivity contribution in [3.8, 4) is 5.69 Å². The van der Waals surface area contributed by atoms with Crippen molar-refractivity contribution in [2.75, 3.05) is 17.7 Å². The zero-order valence-electron chi connectivity index (χ0n) is 15.7. The molecule has 0 saturated heterocycles. The summed E-state index contributed by atoms with van der Waals surface area (Å²) < 4.78 is 1.83. The quantitative estimate of drug-likeness (QED) is 0.587. The molecule has 0 bridgehead atoms. The van der Waals surface area contributed by atoms with E-state index in [4.69, 9.17) is 11.6 Å². The fourth-order valence-corrected chi connectivity index (χ4v) is 3.76. The Balaban J connectivity index is 1.73. The van der Waals surface area contributed by atoms with E-state index in [2.05, 4.69) is 16.3 Å². The molecule has 1 amide bonds. The van der Waals surface area contributed by atoms with Gasteiger partial charge in [0.05, 0.1) is 11.4 Å². The second-order valence-electron chi connectivity index (χ2n) is 6.50. The molecule has 7 heteroatoms. The average Bonchev–Trinajstić information content (AvgIpc) is 3.09. The largest absolute Gasteiger partial charge is 0.315 e. The van der Waals surface area contributed by atoms with E-state index in [9.17, 15) is 4.79 Å². The van der Waals surface area contributed by atoms with Gasteiger partial charge in [-0.25, -0.2) is 0 Å². The molecular formula is C20H21ClN4OS. The number of hydrogen-bond acceptors (Lipinski definition) is 4. The minimum Gasteiger partial charge on any atom is -0.315 e. The number of benzene rings is 2. The molecule has 0 aliphatic heterocycles. The molecule has 140 valence electrons. The van der Waals surface area contributed by atoms with Crippen molar-refractivity contribution < 1.29 is 4.79 Å². The molecule has 1 heterocycles. The van der Waals surface area contributed by atoms with Crippen molar-refractivity contribution in [3.63, 3.8) is 0 Å². The van der Waals surface area contributed by atoms with Crippen molar-refractivity contribution in [3.05, 3.63) is 64.4 Å². The lowest BCUT2D eigenvalue weighted by Gasteiger charge is -2.18. The summed E-state index contributed by atoms with van der Waals surface area (Å²) in [6.07, 6.45) is 1.63. The normalized spacial score (nSPS) is 10.9. The summed E-state index contributed by atoms with van der Waals surface area (Å²) >= 11 is 7.58. The number of amides is 1. The van der Waals surface area contributed by atoms with Crippen LogP contribution < -0.4 is 4.90 Å². The van der Waals surface area contributed by atoms with Crippen LogP contribution in [0.15, 0.2) is 47.9 Å². The number of carbonyl (C=O) groups is 1. The Morgan fingerprint density at radius 3 is 2.52 bits per heavy atom. The fourth-order valence-electron chi connectivity index (χ4n) is 2.74. The van der Waals surface area contributed by atoms with E-state index in [1.165, 1.54) is 11.8 Å². The van der Waals surface area contributed by atoms with E-state index in [1.807, 2.05) is 55.7 Å². The zero-order valence-corrected chi connectivity index (χ0v) is 17.3. The molecule has 1 aromatic heterocycles. The zero-order chi connectivity index (χ0) is 19.6. The maximum atomic E-state index is 12.6. The average molecular weight is 401 g/mol. The number of halogens is 1. The number of rotatable bonds is 5. The molecule has 3 aromatic rings. The van der Waals surface area contributed by atoms with Gasteiger partial charge in [0, 0.05) is 17.8 Å². The minimum absolute atomic E-state index is 0.00138. The highest BCUT2D eigenvalue weighted by Crippen LogP contribution is 2.25. The monoisotopic (exact) mass is 400 g/mol. The number of aromatic nitrogens is 3. The summed E-state index contributed by atoms with van der Waals surface area (Å²) in [6, 6.07) is 11.9. The van der Waals surface area contributed by atoms with Gasteiger partial charge in [0.15, 0.2) is 5.16 Å². The second-order valence-corrected chi connectivity index (χ2v) is 7.85. The second kappa shape index (κ2) is 8.15. The molecule has 0 spiro atoms. The molecule has 0 saturated carbocycles. The number of carbonyl (C=O) groups excluding carboxylic acids is 1. The Morgan fingerprint density at radius 1 is 1.15 bits per heavy atom. The van der Waals surface area contributed by atoms with Gasteiger partial charge in [0.1, 0.15) is 6.33 Å².